The standard InChI is InChI=1S/C10H19F2NO2S/c1-16(14,15)7-6-9(8-13)2-4-10(11,12)5-3-9/h2-8,13H2,1H3. The average Bonchev–Trinajstić information content (AvgIpc) is 2.16. The van der Waals surface area contributed by atoms with E-state index in [1.807, 2.05) is 0 Å². The van der Waals surface area contributed by atoms with Gasteiger partial charge in [-0.05, 0) is 31.2 Å². The van der Waals surface area contributed by atoms with Crippen LogP contribution in [-0.2, 0) is 9.84 Å². The van der Waals surface area contributed by atoms with Crippen LogP contribution in [0.25, 0.3) is 0 Å². The lowest BCUT2D eigenvalue weighted by Crippen LogP contribution is -2.39. The fourth-order valence-electron chi connectivity index (χ4n) is 2.10. The van der Waals surface area contributed by atoms with Gasteiger partial charge in [-0.1, -0.05) is 0 Å². The fourth-order valence-corrected chi connectivity index (χ4v) is 2.91. The summed E-state index contributed by atoms with van der Waals surface area (Å²) in [6.45, 7) is 0.290. The Kier molecular flexibility index (Phi) is 3.95. The van der Waals surface area contributed by atoms with Gasteiger partial charge in [0, 0.05) is 19.1 Å². The Labute approximate surface area is 95.3 Å². The van der Waals surface area contributed by atoms with Crippen molar-refractivity contribution in [1.29, 1.82) is 0 Å². The van der Waals surface area contributed by atoms with Crippen molar-refractivity contribution in [1.82, 2.24) is 0 Å². The Morgan fingerprint density at radius 2 is 1.69 bits per heavy atom. The molecule has 0 atom stereocenters. The van der Waals surface area contributed by atoms with E-state index in [0.29, 0.717) is 25.8 Å². The highest BCUT2D eigenvalue weighted by atomic mass is 32.2. The highest BCUT2D eigenvalue weighted by molar-refractivity contribution is 7.90. The van der Waals surface area contributed by atoms with E-state index in [0.717, 1.165) is 6.26 Å². The molecule has 96 valence electrons. The molecule has 0 heterocycles. The van der Waals surface area contributed by atoms with Crippen molar-refractivity contribution < 1.29 is 17.2 Å². The van der Waals surface area contributed by atoms with E-state index in [2.05, 4.69) is 0 Å². The molecule has 16 heavy (non-hydrogen) atoms. The first-order valence-electron chi connectivity index (χ1n) is 5.44. The Bertz CT molecular complexity index is 331. The lowest BCUT2D eigenvalue weighted by molar-refractivity contribution is -0.0657. The first-order chi connectivity index (χ1) is 7.18. The normalized spacial score (nSPS) is 24.2. The third-order valence-electron chi connectivity index (χ3n) is 3.48. The van der Waals surface area contributed by atoms with Crippen LogP contribution < -0.4 is 5.73 Å². The van der Waals surface area contributed by atoms with Gasteiger partial charge in [0.05, 0.1) is 5.75 Å². The lowest BCUT2D eigenvalue weighted by Gasteiger charge is -2.39. The van der Waals surface area contributed by atoms with Crippen LogP contribution in [0.2, 0.25) is 0 Å². The molecule has 0 spiro atoms. The average molecular weight is 255 g/mol. The smallest absolute Gasteiger partial charge is 0.248 e. The van der Waals surface area contributed by atoms with Gasteiger partial charge in [0.1, 0.15) is 9.84 Å². The summed E-state index contributed by atoms with van der Waals surface area (Å²) in [6, 6.07) is 0. The van der Waals surface area contributed by atoms with Crippen molar-refractivity contribution in [2.75, 3.05) is 18.6 Å². The summed E-state index contributed by atoms with van der Waals surface area (Å²) in [5.74, 6) is -2.56. The molecule has 0 radical (unpaired) electrons. The molecule has 0 bridgehead atoms. The van der Waals surface area contributed by atoms with Gasteiger partial charge >= 0.3 is 0 Å². The molecule has 1 aliphatic carbocycles. The molecule has 0 unspecified atom stereocenters. The van der Waals surface area contributed by atoms with Gasteiger partial charge in [-0.2, -0.15) is 0 Å². The maximum Gasteiger partial charge on any atom is 0.248 e. The SMILES string of the molecule is CS(=O)(=O)CCC1(CN)CCC(F)(F)CC1. The van der Waals surface area contributed by atoms with Crippen LogP contribution in [0.4, 0.5) is 8.78 Å². The summed E-state index contributed by atoms with van der Waals surface area (Å²) < 4.78 is 48.1. The third-order valence-corrected chi connectivity index (χ3v) is 4.42. The number of hydrogen-bond acceptors (Lipinski definition) is 3. The van der Waals surface area contributed by atoms with Gasteiger partial charge in [-0.3, -0.25) is 0 Å². The van der Waals surface area contributed by atoms with Crippen LogP contribution in [-0.4, -0.2) is 32.9 Å². The Morgan fingerprint density at radius 3 is 2.06 bits per heavy atom. The molecule has 0 aromatic heterocycles. The van der Waals surface area contributed by atoms with Crippen LogP contribution in [0.3, 0.4) is 0 Å². The van der Waals surface area contributed by atoms with Crippen molar-refractivity contribution >= 4 is 9.84 Å². The molecule has 1 fully saturated rings. The van der Waals surface area contributed by atoms with E-state index in [-0.39, 0.29) is 18.6 Å². The molecule has 1 saturated carbocycles. The first-order valence-corrected chi connectivity index (χ1v) is 7.50. The second-order valence-electron chi connectivity index (χ2n) is 4.94. The van der Waals surface area contributed by atoms with Crippen LogP contribution in [0, 0.1) is 5.41 Å². The summed E-state index contributed by atoms with van der Waals surface area (Å²) in [6.07, 6.45) is 1.87. The van der Waals surface area contributed by atoms with Gasteiger partial charge in [0.2, 0.25) is 5.92 Å². The zero-order chi connectivity index (χ0) is 12.4. The maximum atomic E-state index is 13.0. The van der Waals surface area contributed by atoms with Crippen molar-refractivity contribution in [2.24, 2.45) is 11.1 Å². The van der Waals surface area contributed by atoms with Crippen molar-refractivity contribution in [3.63, 3.8) is 0 Å². The van der Waals surface area contributed by atoms with Crippen molar-refractivity contribution in [2.45, 2.75) is 38.0 Å². The number of hydrogen-bond donors (Lipinski definition) is 1. The fraction of sp³-hybridized carbons (Fsp3) is 1.00. The van der Waals surface area contributed by atoms with Gasteiger partial charge in [-0.25, -0.2) is 17.2 Å². The molecule has 0 saturated heterocycles. The lowest BCUT2D eigenvalue weighted by atomic mass is 9.71. The summed E-state index contributed by atoms with van der Waals surface area (Å²) in [5, 5.41) is 0. The number of rotatable bonds is 4. The van der Waals surface area contributed by atoms with Crippen molar-refractivity contribution in [3.05, 3.63) is 0 Å². The van der Waals surface area contributed by atoms with E-state index in [4.69, 9.17) is 5.73 Å². The topological polar surface area (TPSA) is 60.2 Å². The van der Waals surface area contributed by atoms with Crippen LogP contribution in [0.5, 0.6) is 0 Å². The molecule has 1 rings (SSSR count). The summed E-state index contributed by atoms with van der Waals surface area (Å²) in [7, 11) is -3.04. The zero-order valence-electron chi connectivity index (χ0n) is 9.51. The van der Waals surface area contributed by atoms with Gasteiger partial charge in [-0.15, -0.1) is 0 Å². The summed E-state index contributed by atoms with van der Waals surface area (Å²) >= 11 is 0. The Balaban J connectivity index is 2.60. The van der Waals surface area contributed by atoms with Crippen LogP contribution >= 0.6 is 0 Å². The predicted molar refractivity (Wildman–Crippen MR) is 59.2 cm³/mol. The second-order valence-corrected chi connectivity index (χ2v) is 7.20. The van der Waals surface area contributed by atoms with E-state index in [1.54, 1.807) is 0 Å². The number of sulfone groups is 1. The van der Waals surface area contributed by atoms with E-state index < -0.39 is 21.2 Å². The molecule has 0 amide bonds. The third kappa shape index (κ3) is 3.97. The predicted octanol–water partition coefficient (Wildman–Crippen LogP) is 1.58. The quantitative estimate of drug-likeness (QED) is 0.829. The molecule has 0 aromatic carbocycles. The van der Waals surface area contributed by atoms with E-state index in [1.165, 1.54) is 0 Å². The Hall–Kier alpha value is -0.230. The highest BCUT2D eigenvalue weighted by Gasteiger charge is 2.42. The first kappa shape index (κ1) is 13.8. The monoisotopic (exact) mass is 255 g/mol. The molecular weight excluding hydrogens is 236 g/mol. The molecule has 0 aromatic rings. The number of nitrogens with two attached hydrogens (primary N) is 1. The molecule has 0 aliphatic heterocycles. The van der Waals surface area contributed by atoms with E-state index in [9.17, 15) is 17.2 Å². The summed E-state index contributed by atoms with van der Waals surface area (Å²) in [5.41, 5.74) is 5.22. The minimum Gasteiger partial charge on any atom is -0.330 e. The molecule has 3 nitrogen and oxygen atoms in total. The van der Waals surface area contributed by atoms with Gasteiger partial charge in [0.25, 0.3) is 0 Å². The largest absolute Gasteiger partial charge is 0.330 e. The van der Waals surface area contributed by atoms with Crippen molar-refractivity contribution in [3.8, 4) is 0 Å². The summed E-state index contributed by atoms with van der Waals surface area (Å²) in [4.78, 5) is 0. The number of alkyl halides is 2. The molecule has 2 N–H and O–H groups in total. The molecule has 1 aliphatic rings. The second kappa shape index (κ2) is 4.56. The minimum atomic E-state index is -3.04. The maximum absolute atomic E-state index is 13.0. The minimum absolute atomic E-state index is 0.0375. The number of halogens is 2. The van der Waals surface area contributed by atoms with Crippen LogP contribution in [0.15, 0.2) is 0 Å². The van der Waals surface area contributed by atoms with E-state index >= 15 is 0 Å². The van der Waals surface area contributed by atoms with Gasteiger partial charge < -0.3 is 5.73 Å². The highest BCUT2D eigenvalue weighted by Crippen LogP contribution is 2.45. The Morgan fingerprint density at radius 1 is 1.19 bits per heavy atom. The van der Waals surface area contributed by atoms with Gasteiger partial charge in [0.15, 0.2) is 0 Å². The zero-order valence-corrected chi connectivity index (χ0v) is 10.3. The molecule has 6 heteroatoms. The van der Waals surface area contributed by atoms with Crippen LogP contribution in [0.1, 0.15) is 32.1 Å². The molecular formula is C10H19F2NO2S.